The number of terminal acetylenes is 1. The van der Waals surface area contributed by atoms with E-state index in [1.165, 1.54) is 0 Å². The normalized spacial score (nSPS) is 28.1. The van der Waals surface area contributed by atoms with E-state index in [1.54, 1.807) is 0 Å². The molecule has 0 saturated carbocycles. The third-order valence-corrected chi connectivity index (χ3v) is 2.53. The van der Waals surface area contributed by atoms with E-state index in [0.29, 0.717) is 6.61 Å². The summed E-state index contributed by atoms with van der Waals surface area (Å²) in [6, 6.07) is 0. The van der Waals surface area contributed by atoms with Crippen LogP contribution < -0.4 is 0 Å². The van der Waals surface area contributed by atoms with Gasteiger partial charge in [0.1, 0.15) is 6.10 Å². The first kappa shape index (κ1) is 17.0. The number of nitrogens with zero attached hydrogens (tertiary/aromatic N) is 1. The largest absolute Gasteiger partial charge is 0.373 e. The van der Waals surface area contributed by atoms with Gasteiger partial charge in [-0.2, -0.15) is 0 Å². The highest BCUT2D eigenvalue weighted by Gasteiger charge is 2.43. The van der Waals surface area contributed by atoms with Crippen LogP contribution in [0.2, 0.25) is 0 Å². The zero-order valence-corrected chi connectivity index (χ0v) is 10.9. The van der Waals surface area contributed by atoms with E-state index in [2.05, 4.69) is 17.7 Å². The van der Waals surface area contributed by atoms with Gasteiger partial charge < -0.3 is 18.9 Å². The standard InChI is InChI=1S/C6H9NO5.C2H6OS.C2H2/c8-7(9)12-5-3-11-4-1-2-10-6(4)5;1-2-4-3;1-2/h4-6H,1-3H2;3H,2H2,1H3;1-2H. The van der Waals surface area contributed by atoms with Gasteiger partial charge in [0.2, 0.25) is 0 Å². The summed E-state index contributed by atoms with van der Waals surface area (Å²) in [6.45, 7) is 2.76. The Bertz CT molecular complexity index is 260. The smallest absolute Gasteiger partial charge is 0.294 e. The maximum atomic E-state index is 10.0. The molecule has 2 fully saturated rings. The third kappa shape index (κ3) is 5.55. The third-order valence-electron chi connectivity index (χ3n) is 2.27. The second-order valence-electron chi connectivity index (χ2n) is 3.28. The molecule has 0 aromatic rings. The van der Waals surface area contributed by atoms with Gasteiger partial charge in [-0.3, -0.25) is 0 Å². The molecule has 2 aliphatic heterocycles. The molecule has 3 atom stereocenters. The van der Waals surface area contributed by atoms with E-state index in [-0.39, 0.29) is 18.8 Å². The van der Waals surface area contributed by atoms with Crippen LogP contribution >= 0.6 is 12.0 Å². The van der Waals surface area contributed by atoms with Gasteiger partial charge in [-0.05, 0) is 18.5 Å². The van der Waals surface area contributed by atoms with Crippen LogP contribution in [0.3, 0.4) is 0 Å². The van der Waals surface area contributed by atoms with E-state index in [4.69, 9.17) is 14.0 Å². The molecular formula is C10H17NO6S. The molecule has 0 amide bonds. The van der Waals surface area contributed by atoms with Crippen molar-refractivity contribution in [2.45, 2.75) is 31.7 Å². The van der Waals surface area contributed by atoms with Crippen molar-refractivity contribution in [2.75, 3.05) is 19.0 Å². The first-order valence-electron chi connectivity index (χ1n) is 5.33. The summed E-state index contributed by atoms with van der Waals surface area (Å²) in [7, 11) is 0. The van der Waals surface area contributed by atoms with E-state index in [9.17, 15) is 10.1 Å². The summed E-state index contributed by atoms with van der Waals surface area (Å²) in [6.07, 6.45) is 8.03. The van der Waals surface area contributed by atoms with Crippen molar-refractivity contribution in [2.24, 2.45) is 0 Å². The molecule has 0 radical (unpaired) electrons. The summed E-state index contributed by atoms with van der Waals surface area (Å²) in [5.41, 5.74) is 0. The SMILES string of the molecule is C#C.CCSO.O=[N+]([O-])OC1COC2CCOC21. The van der Waals surface area contributed by atoms with Crippen molar-refractivity contribution in [3.8, 4) is 12.8 Å². The lowest BCUT2D eigenvalue weighted by Gasteiger charge is -2.12. The number of ether oxygens (including phenoxy) is 2. The second kappa shape index (κ2) is 9.96. The van der Waals surface area contributed by atoms with Crippen LogP contribution in [0.5, 0.6) is 0 Å². The molecule has 0 aromatic heterocycles. The number of hydrogen-bond donors (Lipinski definition) is 1. The van der Waals surface area contributed by atoms with Gasteiger partial charge in [0.25, 0.3) is 5.09 Å². The fraction of sp³-hybridized carbons (Fsp3) is 0.800. The quantitative estimate of drug-likeness (QED) is 0.359. The fourth-order valence-electron chi connectivity index (χ4n) is 1.63. The average molecular weight is 279 g/mol. The molecule has 104 valence electrons. The number of hydrogen-bond acceptors (Lipinski definition) is 7. The molecule has 2 saturated heterocycles. The summed E-state index contributed by atoms with van der Waals surface area (Å²) in [5.74, 6) is 0.792. The first-order chi connectivity index (χ1) is 8.69. The van der Waals surface area contributed by atoms with Gasteiger partial charge >= 0.3 is 0 Å². The number of rotatable bonds is 3. The Kier molecular flexibility index (Phi) is 9.40. The molecule has 0 aromatic carbocycles. The molecule has 0 spiro atoms. The van der Waals surface area contributed by atoms with Crippen molar-refractivity contribution in [1.29, 1.82) is 0 Å². The van der Waals surface area contributed by atoms with Crippen molar-refractivity contribution in [1.82, 2.24) is 0 Å². The molecule has 3 unspecified atom stereocenters. The van der Waals surface area contributed by atoms with E-state index >= 15 is 0 Å². The lowest BCUT2D eigenvalue weighted by Crippen LogP contribution is -2.31. The van der Waals surface area contributed by atoms with Crippen LogP contribution in [-0.2, 0) is 14.3 Å². The van der Waals surface area contributed by atoms with Gasteiger partial charge in [0.05, 0.1) is 12.7 Å². The lowest BCUT2D eigenvalue weighted by atomic mass is 10.1. The van der Waals surface area contributed by atoms with Crippen molar-refractivity contribution >= 4 is 12.0 Å². The van der Waals surface area contributed by atoms with Crippen LogP contribution in [0.15, 0.2) is 0 Å². The second-order valence-corrected chi connectivity index (χ2v) is 4.12. The molecule has 0 bridgehead atoms. The molecule has 0 aliphatic carbocycles. The van der Waals surface area contributed by atoms with E-state index in [0.717, 1.165) is 24.2 Å². The van der Waals surface area contributed by atoms with Gasteiger partial charge in [0, 0.05) is 12.4 Å². The summed E-state index contributed by atoms with van der Waals surface area (Å²) < 4.78 is 18.3. The highest BCUT2D eigenvalue weighted by atomic mass is 32.2. The van der Waals surface area contributed by atoms with Gasteiger partial charge in [-0.1, -0.05) is 6.92 Å². The Balaban J connectivity index is 0.000000415. The Labute approximate surface area is 110 Å². The van der Waals surface area contributed by atoms with E-state index < -0.39 is 11.2 Å². The Morgan fingerprint density at radius 2 is 2.17 bits per heavy atom. The van der Waals surface area contributed by atoms with Gasteiger partial charge in [0.15, 0.2) is 6.10 Å². The number of fused-ring (bicyclic) bond motifs is 1. The minimum Gasteiger partial charge on any atom is -0.373 e. The topological polar surface area (TPSA) is 91.1 Å². The average Bonchev–Trinajstić information content (AvgIpc) is 2.97. The summed E-state index contributed by atoms with van der Waals surface area (Å²) in [5, 5.41) is 9.22. The molecule has 18 heavy (non-hydrogen) atoms. The van der Waals surface area contributed by atoms with Gasteiger partial charge in [-0.25, -0.2) is 0 Å². The summed E-state index contributed by atoms with van der Waals surface area (Å²) >= 11 is 0.856. The van der Waals surface area contributed by atoms with Crippen molar-refractivity contribution < 1.29 is 24.0 Å². The van der Waals surface area contributed by atoms with Crippen molar-refractivity contribution in [3.05, 3.63) is 10.1 Å². The van der Waals surface area contributed by atoms with E-state index in [1.807, 2.05) is 6.92 Å². The molecular weight excluding hydrogens is 262 g/mol. The van der Waals surface area contributed by atoms with Crippen LogP contribution in [-0.4, -0.2) is 46.9 Å². The summed E-state index contributed by atoms with van der Waals surface area (Å²) in [4.78, 5) is 14.4. The monoisotopic (exact) mass is 279 g/mol. The highest BCUT2D eigenvalue weighted by Crippen LogP contribution is 2.28. The maximum Gasteiger partial charge on any atom is 0.294 e. The van der Waals surface area contributed by atoms with Crippen molar-refractivity contribution in [3.63, 3.8) is 0 Å². The first-order valence-corrected chi connectivity index (χ1v) is 6.27. The predicted molar refractivity (Wildman–Crippen MR) is 66.6 cm³/mol. The van der Waals surface area contributed by atoms with Gasteiger partial charge in [-0.15, -0.1) is 23.0 Å². The predicted octanol–water partition coefficient (Wildman–Crippen LogP) is 1.21. The zero-order chi connectivity index (χ0) is 14.0. The highest BCUT2D eigenvalue weighted by molar-refractivity contribution is 7.93. The molecule has 2 rings (SSSR count). The van der Waals surface area contributed by atoms with Crippen LogP contribution in [0.25, 0.3) is 0 Å². The lowest BCUT2D eigenvalue weighted by molar-refractivity contribution is -0.769. The fourth-order valence-corrected chi connectivity index (χ4v) is 1.63. The molecule has 8 heteroatoms. The molecule has 2 aliphatic rings. The maximum absolute atomic E-state index is 10.0. The van der Waals surface area contributed by atoms with Crippen LogP contribution in [0, 0.1) is 23.0 Å². The molecule has 2 heterocycles. The Morgan fingerprint density at radius 1 is 1.56 bits per heavy atom. The van der Waals surface area contributed by atoms with Crippen LogP contribution in [0.4, 0.5) is 0 Å². The Hall–Kier alpha value is -1.01. The molecule has 7 nitrogen and oxygen atoms in total. The Morgan fingerprint density at radius 3 is 2.67 bits per heavy atom. The zero-order valence-electron chi connectivity index (χ0n) is 10.1. The minimum atomic E-state index is -0.794. The molecule has 1 N–H and O–H groups in total. The van der Waals surface area contributed by atoms with Crippen LogP contribution in [0.1, 0.15) is 13.3 Å². The minimum absolute atomic E-state index is 0.00468.